The predicted octanol–water partition coefficient (Wildman–Crippen LogP) is 2.52. The van der Waals surface area contributed by atoms with Crippen molar-refractivity contribution < 1.29 is 4.52 Å². The van der Waals surface area contributed by atoms with Crippen LogP contribution in [0.5, 0.6) is 0 Å². The second-order valence-electron chi connectivity index (χ2n) is 4.52. The van der Waals surface area contributed by atoms with Crippen LogP contribution < -0.4 is 5.32 Å². The van der Waals surface area contributed by atoms with E-state index in [0.29, 0.717) is 15.7 Å². The molecule has 102 valence electrons. The van der Waals surface area contributed by atoms with Crippen molar-refractivity contribution in [1.82, 2.24) is 15.5 Å². The van der Waals surface area contributed by atoms with Crippen molar-refractivity contribution in [3.05, 3.63) is 11.7 Å². The summed E-state index contributed by atoms with van der Waals surface area (Å²) in [6.07, 6.45) is 0.817. The van der Waals surface area contributed by atoms with Crippen molar-refractivity contribution in [2.75, 3.05) is 18.8 Å². The van der Waals surface area contributed by atoms with E-state index in [2.05, 4.69) is 36.2 Å². The van der Waals surface area contributed by atoms with Crippen LogP contribution in [0.3, 0.4) is 0 Å². The summed E-state index contributed by atoms with van der Waals surface area (Å²) in [5.74, 6) is 2.71. The zero-order chi connectivity index (χ0) is 13.0. The molecule has 0 amide bonds. The average Bonchev–Trinajstić information content (AvgIpc) is 2.82. The Labute approximate surface area is 117 Å². The lowest BCUT2D eigenvalue weighted by atomic mass is 10.3. The Bertz CT molecular complexity index is 372. The Morgan fingerprint density at radius 2 is 2.22 bits per heavy atom. The monoisotopic (exact) mass is 287 g/mol. The fourth-order valence-corrected chi connectivity index (χ4v) is 4.63. The number of aromatic nitrogens is 2. The van der Waals surface area contributed by atoms with Gasteiger partial charge in [-0.2, -0.15) is 16.7 Å². The maximum Gasteiger partial charge on any atom is 0.227 e. The second kappa shape index (κ2) is 6.82. The molecule has 0 bridgehead atoms. The van der Waals surface area contributed by atoms with Gasteiger partial charge in [-0.05, 0) is 6.54 Å². The number of hydrogen-bond acceptors (Lipinski definition) is 6. The third-order valence-corrected chi connectivity index (χ3v) is 6.47. The zero-order valence-corrected chi connectivity index (χ0v) is 12.8. The molecule has 3 atom stereocenters. The Morgan fingerprint density at radius 3 is 2.94 bits per heavy atom. The molecule has 0 radical (unpaired) electrons. The summed E-state index contributed by atoms with van der Waals surface area (Å²) < 4.78 is 5.30. The topological polar surface area (TPSA) is 51.0 Å². The first-order valence-corrected chi connectivity index (χ1v) is 8.50. The van der Waals surface area contributed by atoms with E-state index in [4.69, 9.17) is 4.52 Å². The molecular weight excluding hydrogens is 266 g/mol. The van der Waals surface area contributed by atoms with Crippen molar-refractivity contribution in [3.8, 4) is 0 Å². The van der Waals surface area contributed by atoms with Crippen molar-refractivity contribution in [1.29, 1.82) is 0 Å². The molecule has 1 fully saturated rings. The van der Waals surface area contributed by atoms with Gasteiger partial charge in [0.05, 0.1) is 5.25 Å². The Balaban J connectivity index is 1.89. The van der Waals surface area contributed by atoms with Gasteiger partial charge >= 0.3 is 0 Å². The molecule has 0 saturated carbocycles. The fourth-order valence-electron chi connectivity index (χ4n) is 1.79. The molecule has 4 nitrogen and oxygen atoms in total. The van der Waals surface area contributed by atoms with Gasteiger partial charge in [0.1, 0.15) is 0 Å². The summed E-state index contributed by atoms with van der Waals surface area (Å²) in [5.41, 5.74) is 0. The molecule has 6 heteroatoms. The molecule has 0 aliphatic carbocycles. The number of likely N-dealkylation sites (N-methyl/N-ethyl adjacent to an activating group) is 1. The van der Waals surface area contributed by atoms with E-state index >= 15 is 0 Å². The third kappa shape index (κ3) is 3.65. The Kier molecular flexibility index (Phi) is 5.38. The Morgan fingerprint density at radius 1 is 1.39 bits per heavy atom. The van der Waals surface area contributed by atoms with Gasteiger partial charge in [-0.15, -0.1) is 11.8 Å². The minimum absolute atomic E-state index is 0.387. The molecule has 1 N–H and O–H groups in total. The van der Waals surface area contributed by atoms with E-state index in [1.165, 1.54) is 0 Å². The summed E-state index contributed by atoms with van der Waals surface area (Å²) in [5, 5.41) is 9.14. The molecule has 0 spiro atoms. The SMILES string of the molecule is CCNCCc1nc(C2CSC(C)C(C)S2)no1. The summed E-state index contributed by atoms with van der Waals surface area (Å²) >= 11 is 3.97. The average molecular weight is 287 g/mol. The van der Waals surface area contributed by atoms with Gasteiger partial charge in [0.25, 0.3) is 0 Å². The predicted molar refractivity (Wildman–Crippen MR) is 78.3 cm³/mol. The Hall–Kier alpha value is -0.200. The highest BCUT2D eigenvalue weighted by Crippen LogP contribution is 2.43. The van der Waals surface area contributed by atoms with Crippen LogP contribution in [0, 0.1) is 0 Å². The van der Waals surface area contributed by atoms with Gasteiger partial charge in [0.2, 0.25) is 5.89 Å². The van der Waals surface area contributed by atoms with Gasteiger partial charge < -0.3 is 9.84 Å². The zero-order valence-electron chi connectivity index (χ0n) is 11.2. The van der Waals surface area contributed by atoms with Gasteiger partial charge in [0.15, 0.2) is 5.82 Å². The van der Waals surface area contributed by atoms with Crippen LogP contribution in [0.25, 0.3) is 0 Å². The van der Waals surface area contributed by atoms with Crippen molar-refractivity contribution >= 4 is 23.5 Å². The number of nitrogens with one attached hydrogen (secondary N) is 1. The van der Waals surface area contributed by atoms with Crippen LogP contribution in [0.15, 0.2) is 4.52 Å². The maximum atomic E-state index is 5.30. The molecule has 2 rings (SSSR count). The van der Waals surface area contributed by atoms with Gasteiger partial charge in [0, 0.05) is 29.2 Å². The molecular formula is C12H21N3OS2. The molecule has 1 aromatic rings. The van der Waals surface area contributed by atoms with Gasteiger partial charge in [-0.1, -0.05) is 25.9 Å². The van der Waals surface area contributed by atoms with Crippen LogP contribution >= 0.6 is 23.5 Å². The third-order valence-electron chi connectivity index (χ3n) is 3.09. The minimum Gasteiger partial charge on any atom is -0.339 e. The molecule has 3 unspecified atom stereocenters. The highest BCUT2D eigenvalue weighted by Gasteiger charge is 2.29. The van der Waals surface area contributed by atoms with Crippen LogP contribution in [0.2, 0.25) is 0 Å². The summed E-state index contributed by atoms with van der Waals surface area (Å²) in [4.78, 5) is 4.51. The molecule has 1 aliphatic heterocycles. The number of nitrogens with zero attached hydrogens (tertiary/aromatic N) is 2. The van der Waals surface area contributed by atoms with E-state index < -0.39 is 0 Å². The van der Waals surface area contributed by atoms with E-state index in [1.54, 1.807) is 0 Å². The van der Waals surface area contributed by atoms with E-state index in [-0.39, 0.29) is 0 Å². The highest BCUT2D eigenvalue weighted by molar-refractivity contribution is 8.07. The summed E-state index contributed by atoms with van der Waals surface area (Å²) in [7, 11) is 0. The maximum absolute atomic E-state index is 5.30. The molecule has 18 heavy (non-hydrogen) atoms. The number of rotatable bonds is 5. The summed E-state index contributed by atoms with van der Waals surface area (Å²) in [6.45, 7) is 8.54. The largest absolute Gasteiger partial charge is 0.339 e. The molecule has 1 saturated heterocycles. The first-order chi connectivity index (χ1) is 8.70. The summed E-state index contributed by atoms with van der Waals surface area (Å²) in [6, 6.07) is 0. The highest BCUT2D eigenvalue weighted by atomic mass is 32.2. The van der Waals surface area contributed by atoms with Crippen molar-refractivity contribution in [3.63, 3.8) is 0 Å². The van der Waals surface area contributed by atoms with Crippen LogP contribution in [0.1, 0.15) is 37.7 Å². The molecule has 0 aromatic carbocycles. The first-order valence-electron chi connectivity index (χ1n) is 6.51. The fraction of sp³-hybridized carbons (Fsp3) is 0.833. The lowest BCUT2D eigenvalue weighted by Crippen LogP contribution is -2.22. The van der Waals surface area contributed by atoms with Crippen molar-refractivity contribution in [2.24, 2.45) is 0 Å². The van der Waals surface area contributed by atoms with E-state index in [0.717, 1.165) is 37.0 Å². The van der Waals surface area contributed by atoms with Gasteiger partial charge in [-0.25, -0.2) is 0 Å². The number of thioether (sulfide) groups is 2. The van der Waals surface area contributed by atoms with E-state index in [1.807, 2.05) is 23.5 Å². The quantitative estimate of drug-likeness (QED) is 0.840. The lowest BCUT2D eigenvalue weighted by molar-refractivity contribution is 0.371. The molecule has 1 aromatic heterocycles. The smallest absolute Gasteiger partial charge is 0.227 e. The molecule has 1 aliphatic rings. The van der Waals surface area contributed by atoms with Crippen molar-refractivity contribution in [2.45, 2.75) is 42.9 Å². The first kappa shape index (κ1) is 14.2. The van der Waals surface area contributed by atoms with Crippen LogP contribution in [-0.2, 0) is 6.42 Å². The van der Waals surface area contributed by atoms with Crippen LogP contribution in [0.4, 0.5) is 0 Å². The standard InChI is InChI=1S/C12H21N3OS2/c1-4-13-6-5-11-14-12(15-16-11)10-7-17-8(2)9(3)18-10/h8-10,13H,4-7H2,1-3H3. The van der Waals surface area contributed by atoms with E-state index in [9.17, 15) is 0 Å². The second-order valence-corrected chi connectivity index (χ2v) is 7.51. The lowest BCUT2D eigenvalue weighted by Gasteiger charge is -2.29. The van der Waals surface area contributed by atoms with Gasteiger partial charge in [-0.3, -0.25) is 0 Å². The molecule has 2 heterocycles. The number of hydrogen-bond donors (Lipinski definition) is 1. The minimum atomic E-state index is 0.387. The van der Waals surface area contributed by atoms with Crippen LogP contribution in [-0.4, -0.2) is 39.5 Å². The normalized spacial score (nSPS) is 28.5.